The van der Waals surface area contributed by atoms with Crippen molar-refractivity contribution in [2.75, 3.05) is 18.9 Å². The van der Waals surface area contributed by atoms with E-state index in [1.807, 2.05) is 6.07 Å². The van der Waals surface area contributed by atoms with E-state index in [0.717, 1.165) is 19.3 Å². The van der Waals surface area contributed by atoms with E-state index in [1.54, 1.807) is 42.6 Å². The number of rotatable bonds is 28. The molecule has 15 nitrogen and oxygen atoms in total. The number of nitrogen functional groups attached to an aromatic ring is 1. The van der Waals surface area contributed by atoms with E-state index in [4.69, 9.17) is 39.0 Å². The summed E-state index contributed by atoms with van der Waals surface area (Å²) in [6, 6.07) is 10.8. The fourth-order valence-corrected chi connectivity index (χ4v) is 8.72. The Morgan fingerprint density at radius 2 is 1.49 bits per heavy atom. The van der Waals surface area contributed by atoms with Gasteiger partial charge in [0.1, 0.15) is 66.4 Å². The summed E-state index contributed by atoms with van der Waals surface area (Å²) in [7, 11) is -4.75. The summed E-state index contributed by atoms with van der Waals surface area (Å²) < 4.78 is 50.7. The number of hydrogen-bond acceptors (Lipinski definition) is 13. The minimum atomic E-state index is -4.75. The quantitative estimate of drug-likeness (QED) is 0.0516. The van der Waals surface area contributed by atoms with Crippen molar-refractivity contribution in [2.45, 2.75) is 179 Å². The van der Waals surface area contributed by atoms with Crippen molar-refractivity contribution in [1.29, 1.82) is 10.5 Å². The van der Waals surface area contributed by atoms with Gasteiger partial charge in [0.25, 0.3) is 0 Å². The first-order valence-electron chi connectivity index (χ1n) is 21.7. The summed E-state index contributed by atoms with van der Waals surface area (Å²) >= 11 is 0. The van der Waals surface area contributed by atoms with E-state index in [1.165, 1.54) is 109 Å². The highest BCUT2D eigenvalue weighted by Gasteiger charge is 2.65. The van der Waals surface area contributed by atoms with E-state index in [9.17, 15) is 14.7 Å². The van der Waals surface area contributed by atoms with Crippen LogP contribution in [0.15, 0.2) is 36.8 Å². The lowest BCUT2D eigenvalue weighted by Gasteiger charge is -2.29. The molecule has 2 fully saturated rings. The van der Waals surface area contributed by atoms with Crippen molar-refractivity contribution < 1.29 is 37.5 Å². The van der Waals surface area contributed by atoms with Gasteiger partial charge >= 0.3 is 7.82 Å². The highest BCUT2D eigenvalue weighted by Crippen LogP contribution is 2.52. The van der Waals surface area contributed by atoms with Crippen LogP contribution in [0.3, 0.4) is 0 Å². The van der Waals surface area contributed by atoms with Gasteiger partial charge in [0, 0.05) is 0 Å². The molecule has 0 radical (unpaired) electrons. The van der Waals surface area contributed by atoms with Gasteiger partial charge in [0.15, 0.2) is 11.6 Å². The van der Waals surface area contributed by atoms with Crippen LogP contribution >= 0.6 is 7.82 Å². The molecule has 5 rings (SSSR count). The van der Waals surface area contributed by atoms with Crippen molar-refractivity contribution in [2.24, 2.45) is 0 Å². The first kappa shape index (κ1) is 46.4. The molecule has 0 bridgehead atoms. The van der Waals surface area contributed by atoms with Gasteiger partial charge in [0.2, 0.25) is 5.60 Å². The number of nitrogens with zero attached hydrogens (tertiary/aromatic N) is 6. The lowest BCUT2D eigenvalue weighted by molar-refractivity contribution is -0.204. The van der Waals surface area contributed by atoms with Crippen LogP contribution in [0.4, 0.5) is 5.82 Å². The van der Waals surface area contributed by atoms with E-state index in [0.29, 0.717) is 23.4 Å². The largest absolute Gasteiger partial charge is 0.486 e. The van der Waals surface area contributed by atoms with Gasteiger partial charge in [0.05, 0.1) is 18.5 Å². The molecule has 324 valence electrons. The maximum absolute atomic E-state index is 13.4. The van der Waals surface area contributed by atoms with Crippen molar-refractivity contribution in [3.63, 3.8) is 0 Å². The molecule has 59 heavy (non-hydrogen) atoms. The van der Waals surface area contributed by atoms with E-state index >= 15 is 0 Å². The summed E-state index contributed by atoms with van der Waals surface area (Å²) in [5, 5.41) is 24.0. The molecule has 0 saturated carbocycles. The molecule has 3 aromatic rings. The van der Waals surface area contributed by atoms with Crippen molar-refractivity contribution in [3.8, 4) is 17.9 Å². The van der Waals surface area contributed by atoms with Crippen LogP contribution < -0.4 is 10.5 Å². The zero-order chi connectivity index (χ0) is 42.1. The van der Waals surface area contributed by atoms with Crippen LogP contribution in [0.2, 0.25) is 0 Å². The molecular formula is C43H64N7O8P. The minimum Gasteiger partial charge on any atom is -0.486 e. The summed E-state index contributed by atoms with van der Waals surface area (Å²) in [6.07, 6.45) is 22.9. The molecule has 0 aromatic carbocycles. The number of hydrogen-bond donors (Lipinski definition) is 2. The number of anilines is 1. The number of aromatic nitrogens is 4. The van der Waals surface area contributed by atoms with Crippen LogP contribution in [0.25, 0.3) is 5.52 Å². The van der Waals surface area contributed by atoms with Crippen LogP contribution in [-0.4, -0.2) is 67.4 Å². The van der Waals surface area contributed by atoms with Crippen LogP contribution in [0, 0.1) is 22.7 Å². The molecule has 5 heterocycles. The molecule has 2 aliphatic heterocycles. The van der Waals surface area contributed by atoms with E-state index in [-0.39, 0.29) is 18.1 Å². The second kappa shape index (κ2) is 22.8. The highest BCUT2D eigenvalue weighted by molar-refractivity contribution is 7.47. The van der Waals surface area contributed by atoms with E-state index in [2.05, 4.69) is 28.1 Å². The molecule has 6 atom stereocenters. The predicted molar refractivity (Wildman–Crippen MR) is 222 cm³/mol. The van der Waals surface area contributed by atoms with Gasteiger partial charge in [-0.05, 0) is 51.0 Å². The standard InChI is InChI=1S/C43H64N7O8P/c1-4-5-6-7-8-9-10-11-12-13-14-15-16-17-18-19-20-21-22-35(55-34-24-23-33(27-44)47-28-34)29-53-59(51,52)54-31-43(30-45)40-39(56-42(2,3)58-40)38(57-43)36-25-26-37-41(46)48-32-49-50(36)37/h23-26,28,32,35,38-40H,4-22,29,31H2,1-3H3,(H,51,52)(H2,46,48,49)/t35-,38+,39+,40+,43-/m1/s1. The van der Waals surface area contributed by atoms with Crippen LogP contribution in [0.1, 0.15) is 160 Å². The Kier molecular flexibility index (Phi) is 17.9. The number of unbranched alkanes of at least 4 members (excludes halogenated alkanes) is 17. The Hall–Kier alpha value is -3.66. The van der Waals surface area contributed by atoms with Gasteiger partial charge in [-0.25, -0.2) is 19.0 Å². The third-order valence-corrected chi connectivity index (χ3v) is 12.0. The summed E-state index contributed by atoms with van der Waals surface area (Å²) in [4.78, 5) is 19.0. The number of fused-ring (bicyclic) bond motifs is 2. The average molecular weight is 838 g/mol. The van der Waals surface area contributed by atoms with E-state index < -0.39 is 50.2 Å². The second-order valence-electron chi connectivity index (χ2n) is 16.3. The molecule has 2 saturated heterocycles. The first-order valence-corrected chi connectivity index (χ1v) is 23.2. The third kappa shape index (κ3) is 13.7. The zero-order valence-electron chi connectivity index (χ0n) is 35.1. The molecule has 0 amide bonds. The first-order chi connectivity index (χ1) is 28.5. The normalized spacial score (nSPS) is 22.4. The smallest absolute Gasteiger partial charge is 0.472 e. The van der Waals surface area contributed by atoms with Crippen molar-refractivity contribution >= 4 is 19.2 Å². The molecule has 1 unspecified atom stereocenters. The predicted octanol–water partition coefficient (Wildman–Crippen LogP) is 9.44. The molecule has 0 aliphatic carbocycles. The molecule has 3 aromatic heterocycles. The zero-order valence-corrected chi connectivity index (χ0v) is 36.0. The van der Waals surface area contributed by atoms with Crippen molar-refractivity contribution in [3.05, 3.63) is 48.2 Å². The maximum Gasteiger partial charge on any atom is 0.472 e. The highest BCUT2D eigenvalue weighted by atomic mass is 31.2. The Balaban J connectivity index is 1.07. The Labute approximate surface area is 349 Å². The summed E-state index contributed by atoms with van der Waals surface area (Å²) in [6.45, 7) is 4.77. The van der Waals surface area contributed by atoms with Gasteiger partial charge in [-0.3, -0.25) is 9.05 Å². The Bertz CT molecular complexity index is 1860. The lowest BCUT2D eigenvalue weighted by Crippen LogP contribution is -2.45. The number of pyridine rings is 1. The van der Waals surface area contributed by atoms with Gasteiger partial charge in [-0.15, -0.1) is 0 Å². The number of nitriles is 2. The topological polar surface area (TPSA) is 209 Å². The lowest BCUT2D eigenvalue weighted by atomic mass is 9.96. The summed E-state index contributed by atoms with van der Waals surface area (Å²) in [5.41, 5.74) is 5.52. The van der Waals surface area contributed by atoms with Crippen molar-refractivity contribution in [1.82, 2.24) is 19.6 Å². The number of phosphoric ester groups is 1. The molecule has 0 spiro atoms. The molecular weight excluding hydrogens is 773 g/mol. The monoisotopic (exact) mass is 837 g/mol. The average Bonchev–Trinajstić information content (AvgIpc) is 3.89. The Morgan fingerprint density at radius 1 is 0.864 bits per heavy atom. The second-order valence-corrected chi connectivity index (χ2v) is 17.8. The van der Waals surface area contributed by atoms with Crippen LogP contribution in [0.5, 0.6) is 5.75 Å². The van der Waals surface area contributed by atoms with Gasteiger partial charge in [-0.1, -0.05) is 116 Å². The fourth-order valence-electron chi connectivity index (χ4n) is 7.94. The maximum atomic E-state index is 13.4. The van der Waals surface area contributed by atoms with Crippen LogP contribution in [-0.2, 0) is 27.8 Å². The number of nitrogens with two attached hydrogens (primary N) is 1. The molecule has 3 N–H and O–H groups in total. The van der Waals surface area contributed by atoms with Gasteiger partial charge in [-0.2, -0.15) is 15.6 Å². The fraction of sp³-hybridized carbons (Fsp3) is 0.698. The number of phosphoric acid groups is 1. The third-order valence-electron chi connectivity index (χ3n) is 11.1. The van der Waals surface area contributed by atoms with Gasteiger partial charge < -0.3 is 29.6 Å². The summed E-state index contributed by atoms with van der Waals surface area (Å²) in [5.74, 6) is -0.424. The SMILES string of the molecule is CCCCCCCCCCCCCCCCCCCC[C@H](COP(=O)(O)OC[C@@]1(C#N)O[C@@H](c2ccc3c(N)ncnn23)[C@@H]2OC(C)(C)O[C@@H]21)Oc1ccc(C#N)nc1. The number of ether oxygens (including phenoxy) is 4. The minimum absolute atomic E-state index is 0.245. The Morgan fingerprint density at radius 3 is 2.07 bits per heavy atom. The molecule has 16 heteroatoms. The molecule has 2 aliphatic rings.